The lowest BCUT2D eigenvalue weighted by molar-refractivity contribution is -0.123. The van der Waals surface area contributed by atoms with Crippen molar-refractivity contribution in [2.45, 2.75) is 6.92 Å². The number of methoxy groups -OCH3 is 1. The van der Waals surface area contributed by atoms with Crippen LogP contribution in [0.4, 0.5) is 0 Å². The first-order chi connectivity index (χ1) is 13.7. The van der Waals surface area contributed by atoms with Crippen LogP contribution in [0.25, 0.3) is 10.8 Å². The van der Waals surface area contributed by atoms with E-state index in [2.05, 4.69) is 10.5 Å². The van der Waals surface area contributed by atoms with Crippen LogP contribution in [0, 0.1) is 0 Å². The third kappa shape index (κ3) is 4.79. The first-order valence-electron chi connectivity index (χ1n) is 8.94. The SMILES string of the molecule is CCOc1ccc2ccccc2c1/C=N\NC(=O)COc1ccc(OC)cc1. The molecule has 0 aromatic heterocycles. The Labute approximate surface area is 163 Å². The Morgan fingerprint density at radius 3 is 2.50 bits per heavy atom. The van der Waals surface area contributed by atoms with Gasteiger partial charge in [-0.1, -0.05) is 30.3 Å². The monoisotopic (exact) mass is 378 g/mol. The predicted molar refractivity (Wildman–Crippen MR) is 109 cm³/mol. The lowest BCUT2D eigenvalue weighted by Gasteiger charge is -2.10. The van der Waals surface area contributed by atoms with Crippen molar-refractivity contribution in [2.75, 3.05) is 20.3 Å². The summed E-state index contributed by atoms with van der Waals surface area (Å²) in [5, 5.41) is 6.14. The molecule has 0 aliphatic carbocycles. The molecule has 3 aromatic carbocycles. The molecule has 0 heterocycles. The van der Waals surface area contributed by atoms with Gasteiger partial charge < -0.3 is 14.2 Å². The number of nitrogens with zero attached hydrogens (tertiary/aromatic N) is 1. The van der Waals surface area contributed by atoms with Crippen LogP contribution in [-0.4, -0.2) is 32.4 Å². The number of ether oxygens (including phenoxy) is 3. The van der Waals surface area contributed by atoms with Crippen molar-refractivity contribution < 1.29 is 19.0 Å². The number of benzene rings is 3. The van der Waals surface area contributed by atoms with Gasteiger partial charge in [0.25, 0.3) is 5.91 Å². The average Bonchev–Trinajstić information content (AvgIpc) is 2.74. The number of carbonyl (C=O) groups is 1. The van der Waals surface area contributed by atoms with Gasteiger partial charge in [-0.3, -0.25) is 4.79 Å². The smallest absolute Gasteiger partial charge is 0.277 e. The molecule has 0 saturated heterocycles. The van der Waals surface area contributed by atoms with Crippen molar-refractivity contribution in [3.63, 3.8) is 0 Å². The Balaban J connectivity index is 1.64. The zero-order valence-corrected chi connectivity index (χ0v) is 15.8. The molecule has 1 amide bonds. The molecular formula is C22H22N2O4. The first kappa shape index (κ1) is 19.2. The first-order valence-corrected chi connectivity index (χ1v) is 8.94. The predicted octanol–water partition coefficient (Wildman–Crippen LogP) is 3.78. The molecule has 144 valence electrons. The summed E-state index contributed by atoms with van der Waals surface area (Å²) in [4.78, 5) is 12.0. The molecule has 0 spiro atoms. The number of fused-ring (bicyclic) bond motifs is 1. The van der Waals surface area contributed by atoms with E-state index in [-0.39, 0.29) is 12.5 Å². The molecule has 0 saturated carbocycles. The molecule has 1 N–H and O–H groups in total. The molecule has 0 unspecified atom stereocenters. The van der Waals surface area contributed by atoms with Crippen molar-refractivity contribution in [2.24, 2.45) is 5.10 Å². The Hall–Kier alpha value is -3.54. The van der Waals surface area contributed by atoms with E-state index in [1.165, 1.54) is 0 Å². The van der Waals surface area contributed by atoms with Gasteiger partial charge in [-0.15, -0.1) is 0 Å². The van der Waals surface area contributed by atoms with Gasteiger partial charge in [-0.25, -0.2) is 5.43 Å². The molecule has 28 heavy (non-hydrogen) atoms. The highest BCUT2D eigenvalue weighted by Gasteiger charge is 2.07. The minimum atomic E-state index is -0.356. The molecule has 3 aromatic rings. The van der Waals surface area contributed by atoms with Crippen LogP contribution in [0.2, 0.25) is 0 Å². The maximum Gasteiger partial charge on any atom is 0.277 e. The van der Waals surface area contributed by atoms with Crippen LogP contribution < -0.4 is 19.6 Å². The number of carbonyl (C=O) groups excluding carboxylic acids is 1. The summed E-state index contributed by atoms with van der Waals surface area (Å²) in [7, 11) is 1.59. The van der Waals surface area contributed by atoms with E-state index in [9.17, 15) is 4.79 Å². The minimum Gasteiger partial charge on any atom is -0.497 e. The van der Waals surface area contributed by atoms with Gasteiger partial charge in [0.1, 0.15) is 17.2 Å². The molecule has 0 aliphatic rings. The molecule has 0 atom stereocenters. The number of rotatable bonds is 8. The molecule has 0 fully saturated rings. The van der Waals surface area contributed by atoms with E-state index in [1.807, 2.05) is 43.3 Å². The molecular weight excluding hydrogens is 356 g/mol. The lowest BCUT2D eigenvalue weighted by atomic mass is 10.0. The third-order valence-corrected chi connectivity index (χ3v) is 4.04. The maximum absolute atomic E-state index is 12.0. The van der Waals surface area contributed by atoms with E-state index in [4.69, 9.17) is 14.2 Å². The quantitative estimate of drug-likeness (QED) is 0.478. The Kier molecular flexibility index (Phi) is 6.46. The molecule has 6 heteroatoms. The van der Waals surface area contributed by atoms with E-state index in [0.717, 1.165) is 22.1 Å². The van der Waals surface area contributed by atoms with Crippen LogP contribution >= 0.6 is 0 Å². The van der Waals surface area contributed by atoms with Gasteiger partial charge in [0.15, 0.2) is 6.61 Å². The summed E-state index contributed by atoms with van der Waals surface area (Å²) < 4.78 is 16.2. The van der Waals surface area contributed by atoms with Gasteiger partial charge in [0.05, 0.1) is 19.9 Å². The van der Waals surface area contributed by atoms with Gasteiger partial charge >= 0.3 is 0 Å². The van der Waals surface area contributed by atoms with Crippen LogP contribution in [-0.2, 0) is 4.79 Å². The topological polar surface area (TPSA) is 69.2 Å². The summed E-state index contributed by atoms with van der Waals surface area (Å²) in [6.45, 7) is 2.33. The van der Waals surface area contributed by atoms with E-state index < -0.39 is 0 Å². The third-order valence-electron chi connectivity index (χ3n) is 4.04. The van der Waals surface area contributed by atoms with Crippen LogP contribution in [0.15, 0.2) is 65.8 Å². The second-order valence-corrected chi connectivity index (χ2v) is 5.89. The van der Waals surface area contributed by atoms with Crippen molar-refractivity contribution in [1.29, 1.82) is 0 Å². The number of hydrogen-bond acceptors (Lipinski definition) is 5. The number of amides is 1. The van der Waals surface area contributed by atoms with Crippen molar-refractivity contribution in [3.05, 3.63) is 66.2 Å². The van der Waals surface area contributed by atoms with Gasteiger partial charge in [0, 0.05) is 5.56 Å². The summed E-state index contributed by atoms with van der Waals surface area (Å²) in [5.41, 5.74) is 3.30. The second-order valence-electron chi connectivity index (χ2n) is 5.89. The molecule has 0 aliphatic heterocycles. The molecule has 0 bridgehead atoms. The largest absolute Gasteiger partial charge is 0.497 e. The zero-order valence-electron chi connectivity index (χ0n) is 15.8. The number of hydrazone groups is 1. The Morgan fingerprint density at radius 1 is 1.00 bits per heavy atom. The van der Waals surface area contributed by atoms with E-state index in [1.54, 1.807) is 37.6 Å². The number of nitrogens with one attached hydrogen (secondary N) is 1. The summed E-state index contributed by atoms with van der Waals surface area (Å²) in [6, 6.07) is 18.8. The summed E-state index contributed by atoms with van der Waals surface area (Å²) >= 11 is 0. The highest BCUT2D eigenvalue weighted by Crippen LogP contribution is 2.26. The minimum absolute atomic E-state index is 0.141. The molecule has 0 radical (unpaired) electrons. The van der Waals surface area contributed by atoms with E-state index in [0.29, 0.717) is 18.1 Å². The normalized spacial score (nSPS) is 10.8. The van der Waals surface area contributed by atoms with Crippen LogP contribution in [0.1, 0.15) is 12.5 Å². The molecule has 6 nitrogen and oxygen atoms in total. The maximum atomic E-state index is 12.0. The Morgan fingerprint density at radius 2 is 1.75 bits per heavy atom. The van der Waals surface area contributed by atoms with Crippen LogP contribution in [0.3, 0.4) is 0 Å². The average molecular weight is 378 g/mol. The standard InChI is InChI=1S/C22H22N2O4/c1-3-27-21-13-8-16-6-4-5-7-19(16)20(21)14-23-24-22(25)15-28-18-11-9-17(26-2)10-12-18/h4-14H,3,15H2,1-2H3,(H,24,25)/b23-14-. The fourth-order valence-electron chi connectivity index (χ4n) is 2.71. The molecule has 3 rings (SSSR count). The van der Waals surface area contributed by atoms with Crippen molar-refractivity contribution >= 4 is 22.9 Å². The van der Waals surface area contributed by atoms with Crippen molar-refractivity contribution in [1.82, 2.24) is 5.43 Å². The number of hydrogen-bond donors (Lipinski definition) is 1. The van der Waals surface area contributed by atoms with Gasteiger partial charge in [0.2, 0.25) is 0 Å². The van der Waals surface area contributed by atoms with Crippen molar-refractivity contribution in [3.8, 4) is 17.2 Å². The second kappa shape index (κ2) is 9.41. The fourth-order valence-corrected chi connectivity index (χ4v) is 2.71. The zero-order chi connectivity index (χ0) is 19.8. The van der Waals surface area contributed by atoms with Crippen LogP contribution in [0.5, 0.6) is 17.2 Å². The highest BCUT2D eigenvalue weighted by molar-refractivity contribution is 6.02. The lowest BCUT2D eigenvalue weighted by Crippen LogP contribution is -2.24. The highest BCUT2D eigenvalue weighted by atomic mass is 16.5. The fraction of sp³-hybridized carbons (Fsp3) is 0.182. The Bertz CT molecular complexity index is 968. The van der Waals surface area contributed by atoms with Gasteiger partial charge in [-0.2, -0.15) is 5.10 Å². The summed E-state index contributed by atoms with van der Waals surface area (Å²) in [5.74, 6) is 1.66. The van der Waals surface area contributed by atoms with E-state index >= 15 is 0 Å². The summed E-state index contributed by atoms with van der Waals surface area (Å²) in [6.07, 6.45) is 1.60. The van der Waals surface area contributed by atoms with Gasteiger partial charge in [-0.05, 0) is 48.0 Å².